The van der Waals surface area contributed by atoms with Crippen LogP contribution in [0.3, 0.4) is 0 Å². The maximum absolute atomic E-state index is 12.7. The van der Waals surface area contributed by atoms with Crippen molar-refractivity contribution in [1.29, 1.82) is 0 Å². The molecule has 1 aromatic heterocycles. The normalized spacial score (nSPS) is 11.3. The molecule has 0 saturated carbocycles. The van der Waals surface area contributed by atoms with Crippen molar-refractivity contribution in [3.05, 3.63) is 85.2 Å². The Morgan fingerprint density at radius 2 is 1.77 bits per heavy atom. The van der Waals surface area contributed by atoms with Crippen molar-refractivity contribution >= 4 is 44.8 Å². The van der Waals surface area contributed by atoms with E-state index in [1.165, 1.54) is 7.11 Å². The molecule has 1 amide bonds. The number of esters is 1. The fourth-order valence-corrected chi connectivity index (χ4v) is 3.87. The lowest BCUT2D eigenvalue weighted by Crippen LogP contribution is -2.16. The minimum absolute atomic E-state index is 0.232. The number of methoxy groups -OCH3 is 1. The predicted molar refractivity (Wildman–Crippen MR) is 111 cm³/mol. The molecule has 2 aromatic carbocycles. The number of carbonyl (C=O) groups excluding carboxylic acids is 2. The van der Waals surface area contributed by atoms with Gasteiger partial charge >= 0.3 is 5.97 Å². The molecule has 3 rings (SSSR count). The van der Waals surface area contributed by atoms with E-state index in [4.69, 9.17) is 4.74 Å². The van der Waals surface area contributed by atoms with Crippen LogP contribution in [0.25, 0.3) is 10.2 Å². The van der Waals surface area contributed by atoms with Gasteiger partial charge in [0.25, 0.3) is 17.3 Å². The number of carbonyl (C=O) groups is 2. The summed E-state index contributed by atoms with van der Waals surface area (Å²) in [5.41, 5.74) is -0.487. The lowest BCUT2D eigenvalue weighted by Gasteiger charge is -2.02. The number of thiazole rings is 1. The maximum atomic E-state index is 12.7. The number of hydrogen-bond donors (Lipinski definition) is 0. The Morgan fingerprint density at radius 1 is 1.13 bits per heavy atom. The van der Waals surface area contributed by atoms with Crippen LogP contribution in [0.15, 0.2) is 54.0 Å². The second-order valence-corrected chi connectivity index (χ2v) is 7.14. The molecule has 0 spiro atoms. The van der Waals surface area contributed by atoms with Gasteiger partial charge in [-0.2, -0.15) is 4.99 Å². The Labute approximate surface area is 177 Å². The Morgan fingerprint density at radius 3 is 2.32 bits per heavy atom. The zero-order chi connectivity index (χ0) is 22.7. The summed E-state index contributed by atoms with van der Waals surface area (Å²) in [5, 5.41) is 22.1. The number of nitro benzene ring substituents is 2. The van der Waals surface area contributed by atoms with Gasteiger partial charge in [-0.1, -0.05) is 17.4 Å². The molecule has 0 saturated heterocycles. The van der Waals surface area contributed by atoms with E-state index in [9.17, 15) is 29.8 Å². The average molecular weight is 442 g/mol. The second kappa shape index (κ2) is 8.67. The molecule has 0 fully saturated rings. The smallest absolute Gasteiger partial charge is 0.337 e. The van der Waals surface area contributed by atoms with Gasteiger partial charge in [0.15, 0.2) is 4.80 Å². The van der Waals surface area contributed by atoms with Crippen molar-refractivity contribution in [2.45, 2.75) is 6.54 Å². The van der Waals surface area contributed by atoms with Crippen LogP contribution >= 0.6 is 11.3 Å². The van der Waals surface area contributed by atoms with Gasteiger partial charge in [0.2, 0.25) is 0 Å². The first-order valence-corrected chi connectivity index (χ1v) is 9.42. The molecule has 3 aromatic rings. The van der Waals surface area contributed by atoms with E-state index in [1.807, 2.05) is 0 Å². The molecule has 12 heteroatoms. The fourth-order valence-electron chi connectivity index (χ4n) is 2.79. The molecule has 0 N–H and O–H groups in total. The number of hydrogen-bond acceptors (Lipinski definition) is 8. The topological polar surface area (TPSA) is 147 Å². The molecule has 31 heavy (non-hydrogen) atoms. The van der Waals surface area contributed by atoms with Gasteiger partial charge in [-0.15, -0.1) is 6.58 Å². The van der Waals surface area contributed by atoms with Crippen molar-refractivity contribution in [3.63, 3.8) is 0 Å². The van der Waals surface area contributed by atoms with Crippen molar-refractivity contribution in [1.82, 2.24) is 4.57 Å². The van der Waals surface area contributed by atoms with Crippen LogP contribution < -0.4 is 4.80 Å². The van der Waals surface area contributed by atoms with Crippen LogP contribution in [-0.2, 0) is 11.3 Å². The average Bonchev–Trinajstić information content (AvgIpc) is 3.09. The molecule has 11 nitrogen and oxygen atoms in total. The van der Waals surface area contributed by atoms with E-state index in [0.29, 0.717) is 22.3 Å². The number of nitro groups is 2. The van der Waals surface area contributed by atoms with Crippen molar-refractivity contribution in [2.24, 2.45) is 4.99 Å². The van der Waals surface area contributed by atoms with E-state index >= 15 is 0 Å². The molecule has 0 atom stereocenters. The standard InChI is InChI=1S/C19H14N4O7S/c1-3-6-21-15-5-4-11(18(25)30-2)9-16(15)31-19(21)20-17(24)12-7-13(22(26)27)10-14(8-12)23(28)29/h3-5,7-10H,1,6H2,2H3. The second-order valence-electron chi connectivity index (χ2n) is 6.13. The third kappa shape index (κ3) is 4.38. The number of aromatic nitrogens is 1. The highest BCUT2D eigenvalue weighted by molar-refractivity contribution is 7.16. The van der Waals surface area contributed by atoms with Gasteiger partial charge in [-0.25, -0.2) is 4.79 Å². The van der Waals surface area contributed by atoms with Crippen molar-refractivity contribution in [3.8, 4) is 0 Å². The molecule has 0 unspecified atom stereocenters. The van der Waals surface area contributed by atoms with Gasteiger partial charge in [0, 0.05) is 18.7 Å². The predicted octanol–water partition coefficient (Wildman–Crippen LogP) is 3.23. The number of nitrogens with zero attached hydrogens (tertiary/aromatic N) is 4. The summed E-state index contributed by atoms with van der Waals surface area (Å²) < 4.78 is 7.01. The van der Waals surface area contributed by atoms with Crippen molar-refractivity contribution < 1.29 is 24.2 Å². The number of non-ortho nitro benzene ring substituents is 2. The van der Waals surface area contributed by atoms with E-state index in [2.05, 4.69) is 11.6 Å². The van der Waals surface area contributed by atoms with Crippen LogP contribution in [0, 0.1) is 20.2 Å². The monoisotopic (exact) mass is 442 g/mol. The highest BCUT2D eigenvalue weighted by Gasteiger charge is 2.20. The van der Waals surface area contributed by atoms with Gasteiger partial charge < -0.3 is 9.30 Å². The first kappa shape index (κ1) is 21.5. The summed E-state index contributed by atoms with van der Waals surface area (Å²) >= 11 is 1.10. The highest BCUT2D eigenvalue weighted by atomic mass is 32.1. The fraction of sp³-hybridized carbons (Fsp3) is 0.105. The molecule has 0 aliphatic heterocycles. The summed E-state index contributed by atoms with van der Waals surface area (Å²) in [4.78, 5) is 49.2. The lowest BCUT2D eigenvalue weighted by molar-refractivity contribution is -0.394. The lowest BCUT2D eigenvalue weighted by atomic mass is 10.1. The number of rotatable bonds is 6. The largest absolute Gasteiger partial charge is 0.465 e. The van der Waals surface area contributed by atoms with E-state index in [1.54, 1.807) is 28.8 Å². The Hall–Kier alpha value is -4.19. The molecular weight excluding hydrogens is 428 g/mol. The highest BCUT2D eigenvalue weighted by Crippen LogP contribution is 2.24. The quantitative estimate of drug-likeness (QED) is 0.246. The first-order chi connectivity index (χ1) is 14.7. The Bertz CT molecular complexity index is 1290. The molecule has 1 heterocycles. The number of benzene rings is 2. The molecular formula is C19H14N4O7S. The minimum Gasteiger partial charge on any atom is -0.465 e. The summed E-state index contributed by atoms with van der Waals surface area (Å²) in [5.74, 6) is -1.41. The summed E-state index contributed by atoms with van der Waals surface area (Å²) in [6.45, 7) is 3.97. The van der Waals surface area contributed by atoms with Crippen LogP contribution in [0.5, 0.6) is 0 Å². The summed E-state index contributed by atoms with van der Waals surface area (Å²) in [7, 11) is 1.26. The number of allylic oxidation sites excluding steroid dienone is 1. The zero-order valence-electron chi connectivity index (χ0n) is 16.0. The number of ether oxygens (including phenoxy) is 1. The SMILES string of the molecule is C=CCn1c(=NC(=O)c2cc([N+](=O)[O-])cc([N+](=O)[O-])c2)sc2cc(C(=O)OC)ccc21. The summed E-state index contributed by atoms with van der Waals surface area (Å²) in [6, 6.07) is 7.45. The first-order valence-electron chi connectivity index (χ1n) is 8.60. The van der Waals surface area contributed by atoms with E-state index in [0.717, 1.165) is 29.5 Å². The number of amides is 1. The van der Waals surface area contributed by atoms with Crippen LogP contribution in [0.4, 0.5) is 11.4 Å². The van der Waals surface area contributed by atoms with Crippen LogP contribution in [-0.4, -0.2) is 33.4 Å². The molecule has 0 radical (unpaired) electrons. The Kier molecular flexibility index (Phi) is 6.02. The van der Waals surface area contributed by atoms with Gasteiger partial charge in [-0.3, -0.25) is 25.0 Å². The third-order valence-corrected chi connectivity index (χ3v) is 5.22. The Balaban J connectivity index is 2.17. The van der Waals surface area contributed by atoms with Crippen LogP contribution in [0.1, 0.15) is 20.7 Å². The van der Waals surface area contributed by atoms with Crippen LogP contribution in [0.2, 0.25) is 0 Å². The van der Waals surface area contributed by atoms with E-state index in [-0.39, 0.29) is 10.4 Å². The maximum Gasteiger partial charge on any atom is 0.337 e. The van der Waals surface area contributed by atoms with Gasteiger partial charge in [-0.05, 0) is 18.2 Å². The minimum atomic E-state index is -0.885. The molecule has 0 aliphatic rings. The molecule has 0 aliphatic carbocycles. The number of fused-ring (bicyclic) bond motifs is 1. The molecule has 158 valence electrons. The van der Waals surface area contributed by atoms with Gasteiger partial charge in [0.05, 0.1) is 44.4 Å². The van der Waals surface area contributed by atoms with Crippen molar-refractivity contribution in [2.75, 3.05) is 7.11 Å². The summed E-state index contributed by atoms with van der Waals surface area (Å²) in [6.07, 6.45) is 1.59. The van der Waals surface area contributed by atoms with Gasteiger partial charge in [0.1, 0.15) is 0 Å². The zero-order valence-corrected chi connectivity index (χ0v) is 16.8. The third-order valence-electron chi connectivity index (χ3n) is 4.18. The molecule has 0 bridgehead atoms. The van der Waals surface area contributed by atoms with E-state index < -0.39 is 33.1 Å².